The second-order valence-corrected chi connectivity index (χ2v) is 23.1. The molecule has 0 fully saturated rings. The van der Waals surface area contributed by atoms with Crippen molar-refractivity contribution in [2.75, 3.05) is 0 Å². The molecule has 3 heteroatoms. The van der Waals surface area contributed by atoms with E-state index in [1.165, 1.54) is 43.6 Å². The van der Waals surface area contributed by atoms with Gasteiger partial charge in [0.05, 0.1) is 0 Å². The summed E-state index contributed by atoms with van der Waals surface area (Å²) in [6, 6.07) is 6.34. The third-order valence-corrected chi connectivity index (χ3v) is 25.7. The van der Waals surface area contributed by atoms with E-state index in [-0.39, 0.29) is 0 Å². The van der Waals surface area contributed by atoms with E-state index < -0.39 is 18.4 Å². The summed E-state index contributed by atoms with van der Waals surface area (Å²) in [5.41, 5.74) is 0. The average molecular weight is 454 g/mol. The molecule has 0 bridgehead atoms. The van der Waals surface area contributed by atoms with Gasteiger partial charge in [-0.25, -0.2) is 0 Å². The van der Waals surface area contributed by atoms with Crippen LogP contribution in [0.4, 0.5) is 0 Å². The molecule has 0 saturated carbocycles. The first kappa shape index (κ1) is 22.1. The fraction of sp³-hybridized carbons (Fsp3) is 0.667. The summed E-state index contributed by atoms with van der Waals surface area (Å²) in [7, 11) is 0. The van der Waals surface area contributed by atoms with Gasteiger partial charge in [0.25, 0.3) is 0 Å². The van der Waals surface area contributed by atoms with E-state index in [9.17, 15) is 0 Å². The second-order valence-electron chi connectivity index (χ2n) is 6.91. The molecule has 0 aliphatic heterocycles. The van der Waals surface area contributed by atoms with Crippen molar-refractivity contribution >= 4 is 30.1 Å². The van der Waals surface area contributed by atoms with E-state index >= 15 is 0 Å². The molecule has 1 nitrogen and oxygen atoms in total. The topological polar surface area (TPSA) is 12.9 Å². The zero-order chi connectivity index (χ0) is 17.7. The van der Waals surface area contributed by atoms with Gasteiger partial charge in [0.2, 0.25) is 0 Å². The summed E-state index contributed by atoms with van der Waals surface area (Å²) in [5.74, 6) is 0. The summed E-state index contributed by atoms with van der Waals surface area (Å²) in [6.45, 7) is 9.26. The van der Waals surface area contributed by atoms with E-state index in [0.717, 1.165) is 3.27 Å². The van der Waals surface area contributed by atoms with Gasteiger partial charge in [0.15, 0.2) is 0 Å². The Balaban J connectivity index is 3.09. The molecule has 24 heavy (non-hydrogen) atoms. The summed E-state index contributed by atoms with van der Waals surface area (Å²) in [4.78, 5) is 4.62. The first-order valence-corrected chi connectivity index (χ1v) is 18.5. The summed E-state index contributed by atoms with van der Waals surface area (Å²) in [6.07, 6.45) is 15.1. The van der Waals surface area contributed by atoms with Crippen molar-refractivity contribution < 1.29 is 0 Å². The van der Waals surface area contributed by atoms with Gasteiger partial charge in [0.1, 0.15) is 0 Å². The van der Waals surface area contributed by atoms with Crippen LogP contribution in [0.15, 0.2) is 41.6 Å². The molecule has 1 aromatic rings. The number of allylic oxidation sites excluding steroid dienone is 1. The number of rotatable bonds is 13. The molecule has 0 amide bonds. The third-order valence-electron chi connectivity index (χ3n) is 4.94. The first-order valence-electron chi connectivity index (χ1n) is 9.92. The van der Waals surface area contributed by atoms with Crippen LogP contribution in [0.5, 0.6) is 0 Å². The summed E-state index contributed by atoms with van der Waals surface area (Å²) >= 11 is -0.194. The zero-order valence-corrected chi connectivity index (χ0v) is 19.9. The molecule has 1 aromatic heterocycles. The number of pyridine rings is 1. The molecule has 1 unspecified atom stereocenters. The number of nitrogens with zero attached hydrogens (tertiary/aromatic N) is 1. The Hall–Kier alpha value is 0.0387. The van der Waals surface area contributed by atoms with E-state index in [1.54, 1.807) is 13.3 Å². The van der Waals surface area contributed by atoms with E-state index in [4.69, 9.17) is 0 Å². The number of hydrogen-bond donors (Lipinski definition) is 0. The fourth-order valence-corrected chi connectivity index (χ4v) is 25.4. The maximum atomic E-state index is 4.62. The van der Waals surface area contributed by atoms with Gasteiger partial charge in [-0.05, 0) is 0 Å². The molecular formula is C21H37NSSn. The van der Waals surface area contributed by atoms with Crippen molar-refractivity contribution in [3.8, 4) is 0 Å². The van der Waals surface area contributed by atoms with Crippen LogP contribution in [0.25, 0.3) is 0 Å². The maximum absolute atomic E-state index is 4.62. The Morgan fingerprint density at radius 1 is 1.00 bits per heavy atom. The van der Waals surface area contributed by atoms with Gasteiger partial charge in [-0.1, -0.05) is 0 Å². The minimum atomic E-state index is -2.26. The van der Waals surface area contributed by atoms with Crippen LogP contribution in [0.3, 0.4) is 0 Å². The van der Waals surface area contributed by atoms with Crippen molar-refractivity contribution in [2.24, 2.45) is 0 Å². The quantitative estimate of drug-likeness (QED) is 0.174. The molecule has 0 N–H and O–H groups in total. The van der Waals surface area contributed by atoms with Crippen molar-refractivity contribution in [3.63, 3.8) is 0 Å². The van der Waals surface area contributed by atoms with E-state index in [1.807, 2.05) is 12.3 Å². The van der Waals surface area contributed by atoms with Gasteiger partial charge < -0.3 is 0 Å². The number of unbranched alkanes of at least 4 members (excludes halogenated alkanes) is 3. The molecule has 1 atom stereocenters. The van der Waals surface area contributed by atoms with Crippen LogP contribution in [0.1, 0.15) is 66.2 Å². The first-order chi connectivity index (χ1) is 11.7. The monoisotopic (exact) mass is 455 g/mol. The molecule has 0 radical (unpaired) electrons. The fourth-order valence-electron chi connectivity index (χ4n) is 3.48. The molecule has 1 rings (SSSR count). The summed E-state index contributed by atoms with van der Waals surface area (Å²) < 4.78 is 5.41. The normalized spacial score (nSPS) is 13.5. The molecule has 0 spiro atoms. The van der Waals surface area contributed by atoms with Crippen LogP contribution < -0.4 is 0 Å². The Morgan fingerprint density at radius 2 is 1.58 bits per heavy atom. The molecule has 0 saturated heterocycles. The van der Waals surface area contributed by atoms with Crippen LogP contribution in [-0.4, -0.2) is 26.6 Å². The zero-order valence-electron chi connectivity index (χ0n) is 16.3. The summed E-state index contributed by atoms with van der Waals surface area (Å²) in [5, 5.41) is 1.21. The van der Waals surface area contributed by atoms with E-state index in [2.05, 4.69) is 68.7 Å². The standard InChI is InChI=1S/C9H10NS.3C4H9.Sn/c1-2-3-8-11-9-6-4-5-7-10-9;3*1-3-4-2;/h2-8H,1H3;3*1,3-4H2,2H3;/b3-2+;;;;. The minimum absolute atomic E-state index is 0.740. The molecule has 0 aromatic carbocycles. The average Bonchev–Trinajstić information content (AvgIpc) is 2.62. The van der Waals surface area contributed by atoms with Crippen LogP contribution >= 0.6 is 11.8 Å². The Labute approximate surface area is 159 Å². The Morgan fingerprint density at radius 3 is 2.00 bits per heavy atom. The van der Waals surface area contributed by atoms with Gasteiger partial charge in [-0.2, -0.15) is 0 Å². The molecular weight excluding hydrogens is 417 g/mol. The number of aromatic nitrogens is 1. The van der Waals surface area contributed by atoms with Gasteiger partial charge >= 0.3 is 159 Å². The third kappa shape index (κ3) is 7.51. The molecule has 0 aliphatic rings. The van der Waals surface area contributed by atoms with Crippen LogP contribution in [-0.2, 0) is 0 Å². The van der Waals surface area contributed by atoms with Gasteiger partial charge in [-0.3, -0.25) is 0 Å². The predicted octanol–water partition coefficient (Wildman–Crippen LogP) is 7.51. The molecule has 136 valence electrons. The second kappa shape index (κ2) is 13.3. The van der Waals surface area contributed by atoms with Crippen molar-refractivity contribution in [2.45, 2.75) is 87.8 Å². The number of thioether (sulfide) groups is 1. The number of hydrogen-bond acceptors (Lipinski definition) is 2. The Kier molecular flexibility index (Phi) is 12.2. The van der Waals surface area contributed by atoms with Crippen LogP contribution in [0, 0.1) is 0 Å². The molecule has 1 heterocycles. The van der Waals surface area contributed by atoms with Crippen molar-refractivity contribution in [3.05, 3.63) is 36.5 Å². The molecule has 0 aliphatic carbocycles. The van der Waals surface area contributed by atoms with Crippen molar-refractivity contribution in [1.82, 2.24) is 4.98 Å². The van der Waals surface area contributed by atoms with E-state index in [0.29, 0.717) is 0 Å². The Bertz CT molecular complexity index is 425. The van der Waals surface area contributed by atoms with Crippen molar-refractivity contribution in [1.29, 1.82) is 0 Å². The SMILES string of the molecule is C/C=C/[CH](Sc1ccccn1)[Sn]([CH2]CCC)([CH2]CCC)[CH2]CCC. The van der Waals surface area contributed by atoms with Gasteiger partial charge in [-0.15, -0.1) is 0 Å². The van der Waals surface area contributed by atoms with Gasteiger partial charge in [0, 0.05) is 0 Å². The predicted molar refractivity (Wildman–Crippen MR) is 114 cm³/mol. The van der Waals surface area contributed by atoms with Crippen LogP contribution in [0.2, 0.25) is 13.3 Å².